The van der Waals surface area contributed by atoms with Gasteiger partial charge in [0, 0.05) is 32.0 Å². The predicted octanol–water partition coefficient (Wildman–Crippen LogP) is 3.07. The second kappa shape index (κ2) is 5.58. The van der Waals surface area contributed by atoms with Crippen LogP contribution < -0.4 is 9.64 Å². The molecule has 1 aromatic rings. The van der Waals surface area contributed by atoms with Gasteiger partial charge in [-0.1, -0.05) is 0 Å². The molecule has 0 bridgehead atoms. The van der Waals surface area contributed by atoms with Crippen LogP contribution in [0.2, 0.25) is 0 Å². The number of hydrogen-bond acceptors (Lipinski definition) is 4. The van der Waals surface area contributed by atoms with E-state index in [0.29, 0.717) is 39.1 Å². The van der Waals surface area contributed by atoms with Crippen molar-refractivity contribution >= 4 is 5.69 Å². The average molecular weight is 321 g/mol. The maximum atomic E-state index is 14.0. The highest BCUT2D eigenvalue weighted by Crippen LogP contribution is 2.35. The van der Waals surface area contributed by atoms with E-state index >= 15 is 0 Å². The van der Waals surface area contributed by atoms with E-state index in [4.69, 9.17) is 9.47 Å². The lowest BCUT2D eigenvalue weighted by Crippen LogP contribution is -2.45. The molecule has 122 valence electrons. The number of hydrogen-bond donors (Lipinski definition) is 0. The number of piperidine rings is 1. The van der Waals surface area contributed by atoms with Gasteiger partial charge in [-0.2, -0.15) is 0 Å². The fourth-order valence-corrected chi connectivity index (χ4v) is 2.82. The van der Waals surface area contributed by atoms with Gasteiger partial charge in [0.05, 0.1) is 18.9 Å². The molecule has 8 heteroatoms. The summed E-state index contributed by atoms with van der Waals surface area (Å²) in [6, 6.07) is 3.15. The van der Waals surface area contributed by atoms with Crippen molar-refractivity contribution in [2.75, 3.05) is 31.2 Å². The van der Waals surface area contributed by atoms with Crippen LogP contribution >= 0.6 is 0 Å². The fourth-order valence-electron chi connectivity index (χ4n) is 2.82. The van der Waals surface area contributed by atoms with E-state index in [1.807, 2.05) is 0 Å². The minimum Gasteiger partial charge on any atom is -0.406 e. The van der Waals surface area contributed by atoms with Crippen LogP contribution in [0.15, 0.2) is 18.2 Å². The Labute approximate surface area is 124 Å². The summed E-state index contributed by atoms with van der Waals surface area (Å²) in [5.74, 6) is -1.89. The molecule has 2 aliphatic heterocycles. The van der Waals surface area contributed by atoms with Gasteiger partial charge in [0.2, 0.25) is 0 Å². The van der Waals surface area contributed by atoms with Crippen molar-refractivity contribution in [3.63, 3.8) is 0 Å². The Kier molecular flexibility index (Phi) is 3.90. The van der Waals surface area contributed by atoms with Crippen molar-refractivity contribution in [3.8, 4) is 5.75 Å². The van der Waals surface area contributed by atoms with Crippen LogP contribution in [0, 0.1) is 5.82 Å². The maximum absolute atomic E-state index is 14.0. The Hall–Kier alpha value is -1.54. The summed E-state index contributed by atoms with van der Waals surface area (Å²) in [6.07, 6.45) is -3.65. The fraction of sp³-hybridized carbons (Fsp3) is 0.571. The first kappa shape index (κ1) is 15.4. The third kappa shape index (κ3) is 3.27. The van der Waals surface area contributed by atoms with E-state index in [0.717, 1.165) is 12.1 Å². The minimum absolute atomic E-state index is 0.252. The summed E-state index contributed by atoms with van der Waals surface area (Å²) in [5.41, 5.74) is 0.252. The molecular formula is C14H15F4NO3. The zero-order valence-corrected chi connectivity index (χ0v) is 11.7. The summed E-state index contributed by atoms with van der Waals surface area (Å²) in [7, 11) is 0. The molecule has 0 aromatic heterocycles. The van der Waals surface area contributed by atoms with Crippen molar-refractivity contribution < 1.29 is 31.8 Å². The number of halogens is 4. The first-order valence-electron chi connectivity index (χ1n) is 6.95. The quantitative estimate of drug-likeness (QED) is 0.784. The molecule has 0 aliphatic carbocycles. The molecule has 0 N–H and O–H groups in total. The monoisotopic (exact) mass is 321 g/mol. The highest BCUT2D eigenvalue weighted by molar-refractivity contribution is 5.51. The van der Waals surface area contributed by atoms with Gasteiger partial charge in [0.15, 0.2) is 5.79 Å². The molecule has 2 fully saturated rings. The Morgan fingerprint density at radius 2 is 1.73 bits per heavy atom. The SMILES string of the molecule is Fc1cc(OC(F)(F)F)ccc1N1CCC2(CC1)OCCO2. The molecule has 0 amide bonds. The molecular weight excluding hydrogens is 306 g/mol. The molecule has 0 saturated carbocycles. The van der Waals surface area contributed by atoms with Crippen molar-refractivity contribution in [1.29, 1.82) is 0 Å². The molecule has 1 aromatic carbocycles. The number of ether oxygens (including phenoxy) is 3. The number of alkyl halides is 3. The Morgan fingerprint density at radius 3 is 2.27 bits per heavy atom. The second-order valence-electron chi connectivity index (χ2n) is 5.26. The van der Waals surface area contributed by atoms with Crippen LogP contribution in [-0.2, 0) is 9.47 Å². The third-order valence-corrected chi connectivity index (χ3v) is 3.83. The smallest absolute Gasteiger partial charge is 0.406 e. The summed E-state index contributed by atoms with van der Waals surface area (Å²) in [6.45, 7) is 2.13. The van der Waals surface area contributed by atoms with Crippen molar-refractivity contribution in [3.05, 3.63) is 24.0 Å². The third-order valence-electron chi connectivity index (χ3n) is 3.83. The molecule has 0 unspecified atom stereocenters. The number of anilines is 1. The molecule has 4 nitrogen and oxygen atoms in total. The first-order chi connectivity index (χ1) is 10.4. The average Bonchev–Trinajstić information content (AvgIpc) is 2.87. The lowest BCUT2D eigenvalue weighted by Gasteiger charge is -2.38. The number of nitrogens with zero attached hydrogens (tertiary/aromatic N) is 1. The molecule has 22 heavy (non-hydrogen) atoms. The number of rotatable bonds is 2. The molecule has 3 rings (SSSR count). The van der Waals surface area contributed by atoms with Gasteiger partial charge < -0.3 is 19.1 Å². The number of benzene rings is 1. The van der Waals surface area contributed by atoms with Gasteiger partial charge in [-0.05, 0) is 12.1 Å². The summed E-state index contributed by atoms with van der Waals surface area (Å²) in [4.78, 5) is 1.77. The Bertz CT molecular complexity index is 533. The van der Waals surface area contributed by atoms with Crippen LogP contribution in [0.25, 0.3) is 0 Å². The highest BCUT2D eigenvalue weighted by Gasteiger charge is 2.40. The van der Waals surface area contributed by atoms with E-state index < -0.39 is 23.7 Å². The van der Waals surface area contributed by atoms with Gasteiger partial charge in [0.25, 0.3) is 0 Å². The van der Waals surface area contributed by atoms with Gasteiger partial charge >= 0.3 is 6.36 Å². The van der Waals surface area contributed by atoms with Gasteiger partial charge in [-0.25, -0.2) is 4.39 Å². The van der Waals surface area contributed by atoms with Crippen LogP contribution in [0.5, 0.6) is 5.75 Å². The largest absolute Gasteiger partial charge is 0.573 e. The topological polar surface area (TPSA) is 30.9 Å². The molecule has 2 saturated heterocycles. The molecule has 0 atom stereocenters. The molecule has 1 spiro atoms. The molecule has 2 heterocycles. The highest BCUT2D eigenvalue weighted by atomic mass is 19.4. The summed E-state index contributed by atoms with van der Waals surface area (Å²) < 4.78 is 65.2. The van der Waals surface area contributed by atoms with Crippen molar-refractivity contribution in [1.82, 2.24) is 0 Å². The zero-order valence-electron chi connectivity index (χ0n) is 11.7. The van der Waals surface area contributed by atoms with Gasteiger partial charge in [-0.3, -0.25) is 0 Å². The predicted molar refractivity (Wildman–Crippen MR) is 69.2 cm³/mol. The zero-order chi connectivity index (χ0) is 15.8. The Morgan fingerprint density at radius 1 is 1.09 bits per heavy atom. The van der Waals surface area contributed by atoms with Gasteiger partial charge in [0.1, 0.15) is 11.6 Å². The Balaban J connectivity index is 1.68. The summed E-state index contributed by atoms with van der Waals surface area (Å²) >= 11 is 0. The minimum atomic E-state index is -4.83. The van der Waals surface area contributed by atoms with Crippen LogP contribution in [0.1, 0.15) is 12.8 Å². The van der Waals surface area contributed by atoms with E-state index in [-0.39, 0.29) is 5.69 Å². The van der Waals surface area contributed by atoms with E-state index in [2.05, 4.69) is 4.74 Å². The van der Waals surface area contributed by atoms with Crippen molar-refractivity contribution in [2.45, 2.75) is 25.0 Å². The normalized spacial score (nSPS) is 21.4. The first-order valence-corrected chi connectivity index (χ1v) is 6.95. The van der Waals surface area contributed by atoms with Gasteiger partial charge in [-0.15, -0.1) is 13.2 Å². The summed E-state index contributed by atoms with van der Waals surface area (Å²) in [5, 5.41) is 0. The lowest BCUT2D eigenvalue weighted by atomic mass is 10.0. The van der Waals surface area contributed by atoms with Crippen LogP contribution in [-0.4, -0.2) is 38.5 Å². The van der Waals surface area contributed by atoms with Crippen molar-refractivity contribution in [2.24, 2.45) is 0 Å². The molecule has 2 aliphatic rings. The van der Waals surface area contributed by atoms with E-state index in [1.54, 1.807) is 4.90 Å². The molecule has 0 radical (unpaired) electrons. The maximum Gasteiger partial charge on any atom is 0.573 e. The standard InChI is InChI=1S/C14H15F4NO3/c15-11-9-10(22-14(16,17)18)1-2-12(11)19-5-3-13(4-6-19)20-7-8-21-13/h1-2,9H,3-8H2. The van der Waals surface area contributed by atoms with E-state index in [9.17, 15) is 17.6 Å². The van der Waals surface area contributed by atoms with Crippen LogP contribution in [0.3, 0.4) is 0 Å². The van der Waals surface area contributed by atoms with Crippen LogP contribution in [0.4, 0.5) is 23.2 Å². The second-order valence-corrected chi connectivity index (χ2v) is 5.26. The van der Waals surface area contributed by atoms with E-state index in [1.165, 1.54) is 6.07 Å². The lowest BCUT2D eigenvalue weighted by molar-refractivity contribution is -0.274.